The Hall–Kier alpha value is 0.384. The average molecular weight is 351 g/mol. The molecule has 1 aliphatic heterocycles. The smallest absolute Gasteiger partial charge is 0.457 e. The van der Waals surface area contributed by atoms with Gasteiger partial charge in [-0.3, -0.25) is 0 Å². The van der Waals surface area contributed by atoms with Crippen molar-refractivity contribution in [2.75, 3.05) is 6.61 Å². The van der Waals surface area contributed by atoms with Gasteiger partial charge in [-0.25, -0.2) is 0 Å². The van der Waals surface area contributed by atoms with E-state index in [1.807, 2.05) is 7.76 Å². The van der Waals surface area contributed by atoms with Crippen LogP contribution in [0.3, 0.4) is 0 Å². The summed E-state index contributed by atoms with van der Waals surface area (Å²) in [4.78, 5) is 0. The number of hydrogen-bond acceptors (Lipinski definition) is 1. The van der Waals surface area contributed by atoms with Crippen molar-refractivity contribution in [2.24, 2.45) is 0 Å². The Labute approximate surface area is 142 Å². The van der Waals surface area contributed by atoms with Crippen LogP contribution in [-0.4, -0.2) is 27.8 Å². The normalized spacial score (nSPS) is 20.3. The minimum absolute atomic E-state index is 0.442. The number of allylic oxidation sites excluding steroid dienone is 8. The van der Waals surface area contributed by atoms with Crippen molar-refractivity contribution in [3.05, 3.63) is 44.2 Å². The van der Waals surface area contributed by atoms with E-state index in [1.165, 1.54) is 31.0 Å². The molecule has 0 spiro atoms. The third kappa shape index (κ3) is 5.83. The number of rotatable bonds is 3. The van der Waals surface area contributed by atoms with Crippen LogP contribution >= 0.6 is 0 Å². The van der Waals surface area contributed by atoms with Crippen LogP contribution in [0.4, 0.5) is 0 Å². The summed E-state index contributed by atoms with van der Waals surface area (Å²) in [5.41, 5.74) is 0. The van der Waals surface area contributed by atoms with Gasteiger partial charge in [-0.1, -0.05) is 17.5 Å². The first-order valence-electron chi connectivity index (χ1n) is 8.39. The summed E-state index contributed by atoms with van der Waals surface area (Å²) in [5.74, 6) is 2.28. The molecule has 3 rings (SSSR count). The molecule has 4 heteroatoms. The Morgan fingerprint density at radius 2 is 1.67 bits per heavy atom. The molecular weight excluding hydrogens is 323 g/mol. The third-order valence-corrected chi connectivity index (χ3v) is 19.2. The van der Waals surface area contributed by atoms with Gasteiger partial charge in [0, 0.05) is 6.61 Å². The molecule has 1 fully saturated rings. The fraction of sp³-hybridized carbons (Fsp3) is 0.529. The second-order valence-corrected chi connectivity index (χ2v) is 22.3. The van der Waals surface area contributed by atoms with Crippen molar-refractivity contribution in [3.8, 4) is 0 Å². The van der Waals surface area contributed by atoms with Crippen LogP contribution in [-0.2, 0) is 20.9 Å². The van der Waals surface area contributed by atoms with Gasteiger partial charge in [0.15, 0.2) is 0 Å². The van der Waals surface area contributed by atoms with Crippen molar-refractivity contribution >= 4 is 21.1 Å². The summed E-state index contributed by atoms with van der Waals surface area (Å²) in [6, 6.07) is 0. The van der Waals surface area contributed by atoms with Crippen LogP contribution in [0.1, 0.15) is 25.7 Å². The quantitative estimate of drug-likeness (QED) is 0.670. The maximum atomic E-state index is 5.42. The Morgan fingerprint density at radius 1 is 1.05 bits per heavy atom. The minimum atomic E-state index is -0.972. The predicted molar refractivity (Wildman–Crippen MR) is 94.2 cm³/mol. The topological polar surface area (TPSA) is 9.23 Å². The van der Waals surface area contributed by atoms with E-state index in [0.717, 1.165) is 6.61 Å². The SMILES string of the molecule is C[SiH](C)[Ti]([C]1=CC=CC1)[C]1=CC=CC1.[CH3][Al]1[CH2]CCC[O]1. The molecule has 1 saturated heterocycles. The Kier molecular flexibility index (Phi) is 8.03. The van der Waals surface area contributed by atoms with E-state index >= 15 is 0 Å². The molecule has 0 N–H and O–H groups in total. The molecule has 0 amide bonds. The van der Waals surface area contributed by atoms with Crippen molar-refractivity contribution in [3.63, 3.8) is 0 Å². The van der Waals surface area contributed by atoms with Crippen LogP contribution in [0, 0.1) is 0 Å². The van der Waals surface area contributed by atoms with E-state index in [4.69, 9.17) is 3.79 Å². The molecule has 0 aromatic rings. The zero-order chi connectivity index (χ0) is 15.1. The van der Waals surface area contributed by atoms with Gasteiger partial charge in [-0.2, -0.15) is 0 Å². The largest absolute Gasteiger partial charge is 0.501 e. The van der Waals surface area contributed by atoms with E-state index < -0.39 is 38.3 Å². The molecule has 3 aliphatic rings. The van der Waals surface area contributed by atoms with E-state index in [2.05, 4.69) is 55.3 Å². The van der Waals surface area contributed by atoms with Gasteiger partial charge in [0.25, 0.3) is 0 Å². The molecule has 2 aliphatic carbocycles. The molecule has 1 heterocycles. The number of hydrogen-bond donors (Lipinski definition) is 0. The van der Waals surface area contributed by atoms with Gasteiger partial charge >= 0.3 is 108 Å². The Balaban J connectivity index is 0.000000194. The standard InChI is InChI=1S/2C5H5.C4H8O.C2H7Si.CH3.Al.Ti/c2*1-2-4-5-3-1;1-2-3-4-5;1-3-2;;;/h2*1-3H,4H2;1-4H2;3H,1-2H3;1H3;;/q;;-1;;;+1;. The van der Waals surface area contributed by atoms with Gasteiger partial charge < -0.3 is 3.79 Å². The molecule has 113 valence electrons. The third-order valence-electron chi connectivity index (χ3n) is 4.22. The van der Waals surface area contributed by atoms with Gasteiger partial charge in [-0.05, 0) is 6.42 Å². The molecule has 0 atom stereocenters. The summed E-state index contributed by atoms with van der Waals surface area (Å²) in [7, 11) is 0. The van der Waals surface area contributed by atoms with Gasteiger partial charge in [0.2, 0.25) is 0 Å². The monoisotopic (exact) mass is 351 g/mol. The maximum Gasteiger partial charge on any atom is 0.457 e. The van der Waals surface area contributed by atoms with Crippen LogP contribution in [0.15, 0.2) is 44.2 Å². The zero-order valence-corrected chi connectivity index (χ0v) is 17.6. The summed E-state index contributed by atoms with van der Waals surface area (Å²) in [6.07, 6.45) is 19.2. The molecule has 0 saturated carbocycles. The van der Waals surface area contributed by atoms with Crippen molar-refractivity contribution < 1.29 is 20.9 Å². The van der Waals surface area contributed by atoms with E-state index in [0.29, 0.717) is 0 Å². The summed E-state index contributed by atoms with van der Waals surface area (Å²) in [5, 5.41) is 1.40. The molecule has 21 heavy (non-hydrogen) atoms. The first kappa shape index (κ1) is 17.7. The van der Waals surface area contributed by atoms with Gasteiger partial charge in [-0.15, -0.1) is 0 Å². The maximum absolute atomic E-state index is 5.42. The van der Waals surface area contributed by atoms with Crippen LogP contribution in [0.5, 0.6) is 0 Å². The fourth-order valence-electron chi connectivity index (χ4n) is 3.14. The summed E-state index contributed by atoms with van der Waals surface area (Å²) in [6.45, 7) is 5.68. The second kappa shape index (κ2) is 9.51. The van der Waals surface area contributed by atoms with Crippen molar-refractivity contribution in [1.29, 1.82) is 0 Å². The average Bonchev–Trinajstić information content (AvgIpc) is 3.14. The summed E-state index contributed by atoms with van der Waals surface area (Å²) >= 11 is -1.57. The van der Waals surface area contributed by atoms with Crippen LogP contribution in [0.25, 0.3) is 0 Å². The van der Waals surface area contributed by atoms with Gasteiger partial charge in [0.05, 0.1) is 0 Å². The van der Waals surface area contributed by atoms with E-state index in [-0.39, 0.29) is 0 Å². The molecule has 0 aromatic heterocycles. The molecule has 0 bridgehead atoms. The fourth-order valence-corrected chi connectivity index (χ4v) is 17.5. The van der Waals surface area contributed by atoms with E-state index in [9.17, 15) is 0 Å². The molecule has 1 nitrogen and oxygen atoms in total. The summed E-state index contributed by atoms with van der Waals surface area (Å²) < 4.78 is 9.06. The molecule has 0 unspecified atom stereocenters. The first-order valence-corrected chi connectivity index (χ1v) is 18.0. The van der Waals surface area contributed by atoms with Crippen molar-refractivity contribution in [2.45, 2.75) is 49.8 Å². The minimum Gasteiger partial charge on any atom is -0.501 e. The second-order valence-electron chi connectivity index (χ2n) is 6.39. The van der Waals surface area contributed by atoms with Gasteiger partial charge in [0.1, 0.15) is 0 Å². The molecular formula is C17H28AlOSiTi. The predicted octanol–water partition coefficient (Wildman–Crippen LogP) is 4.69. The van der Waals surface area contributed by atoms with Crippen LogP contribution in [0.2, 0.25) is 24.2 Å². The first-order chi connectivity index (χ1) is 10.2. The van der Waals surface area contributed by atoms with Crippen LogP contribution < -0.4 is 0 Å². The molecule has 0 aromatic carbocycles. The van der Waals surface area contributed by atoms with E-state index in [1.54, 1.807) is 0 Å². The Bertz CT molecular complexity index is 418. The molecule has 0 radical (unpaired) electrons. The zero-order valence-electron chi connectivity index (χ0n) is 13.8. The van der Waals surface area contributed by atoms with Crippen molar-refractivity contribution in [1.82, 2.24) is 0 Å². The Morgan fingerprint density at radius 3 is 1.95 bits per heavy atom.